The van der Waals surface area contributed by atoms with Crippen molar-refractivity contribution in [3.05, 3.63) is 17.4 Å². The predicted octanol–water partition coefficient (Wildman–Crippen LogP) is 1.45. The Morgan fingerprint density at radius 2 is 2.06 bits per heavy atom. The third-order valence-corrected chi connectivity index (χ3v) is 2.86. The highest BCUT2D eigenvalue weighted by atomic mass is 17.1. The molecule has 1 saturated carbocycles. The van der Waals surface area contributed by atoms with E-state index in [2.05, 4.69) is 9.62 Å². The second-order valence-electron chi connectivity index (χ2n) is 3.96. The van der Waals surface area contributed by atoms with Gasteiger partial charge in [-0.1, -0.05) is 6.42 Å². The first-order valence-electron chi connectivity index (χ1n) is 5.53. The largest absolute Gasteiger partial charge is 0.622 e. The zero-order chi connectivity index (χ0) is 12.7. The molecule has 0 heterocycles. The number of hydrogen-bond acceptors (Lipinski definition) is 5. The standard InChI is InChI=1S/C11H17NO5/c1-16-10(13)6-5-9-12(14)11(17-15)7-3-2-4-8-11/h5-6,9,15H,2-4,7-8H2,1H3/b6-5-,12-9-. The van der Waals surface area contributed by atoms with Crippen LogP contribution in [0.15, 0.2) is 12.2 Å². The molecule has 6 nitrogen and oxygen atoms in total. The second-order valence-corrected chi connectivity index (χ2v) is 3.96. The van der Waals surface area contributed by atoms with Crippen LogP contribution in [0.5, 0.6) is 0 Å². The summed E-state index contributed by atoms with van der Waals surface area (Å²) in [7, 11) is 1.25. The zero-order valence-corrected chi connectivity index (χ0v) is 9.80. The summed E-state index contributed by atoms with van der Waals surface area (Å²) in [6.07, 6.45) is 7.16. The summed E-state index contributed by atoms with van der Waals surface area (Å²) in [6, 6.07) is 0. The van der Waals surface area contributed by atoms with Gasteiger partial charge in [0.05, 0.1) is 7.11 Å². The van der Waals surface area contributed by atoms with E-state index < -0.39 is 11.7 Å². The number of hydrogen-bond donors (Lipinski definition) is 1. The quantitative estimate of drug-likeness (QED) is 0.118. The third-order valence-electron chi connectivity index (χ3n) is 2.86. The summed E-state index contributed by atoms with van der Waals surface area (Å²) < 4.78 is 4.93. The van der Waals surface area contributed by atoms with Gasteiger partial charge in [-0.15, -0.1) is 0 Å². The van der Waals surface area contributed by atoms with Crippen LogP contribution in [0.1, 0.15) is 32.1 Å². The van der Waals surface area contributed by atoms with Gasteiger partial charge in [-0.3, -0.25) is 0 Å². The summed E-state index contributed by atoms with van der Waals surface area (Å²) in [5, 5.41) is 20.7. The van der Waals surface area contributed by atoms with E-state index in [1.54, 1.807) is 0 Å². The number of nitrogens with zero attached hydrogens (tertiary/aromatic N) is 1. The highest BCUT2D eigenvalue weighted by Gasteiger charge is 2.41. The van der Waals surface area contributed by atoms with Gasteiger partial charge in [0.2, 0.25) is 0 Å². The minimum Gasteiger partial charge on any atom is -0.622 e. The van der Waals surface area contributed by atoms with E-state index in [-0.39, 0.29) is 0 Å². The van der Waals surface area contributed by atoms with Gasteiger partial charge in [0.1, 0.15) is 0 Å². The number of hydroxylamine groups is 1. The van der Waals surface area contributed by atoms with E-state index >= 15 is 0 Å². The fourth-order valence-electron chi connectivity index (χ4n) is 1.86. The van der Waals surface area contributed by atoms with E-state index in [9.17, 15) is 10.0 Å². The van der Waals surface area contributed by atoms with Crippen molar-refractivity contribution in [2.45, 2.75) is 37.8 Å². The Morgan fingerprint density at radius 3 is 2.59 bits per heavy atom. The van der Waals surface area contributed by atoms with Gasteiger partial charge < -0.3 is 9.94 Å². The van der Waals surface area contributed by atoms with Gasteiger partial charge in [-0.25, -0.2) is 10.1 Å². The van der Waals surface area contributed by atoms with Crippen molar-refractivity contribution in [1.29, 1.82) is 0 Å². The van der Waals surface area contributed by atoms with Gasteiger partial charge in [0, 0.05) is 25.0 Å². The lowest BCUT2D eigenvalue weighted by Gasteiger charge is -2.31. The number of allylic oxidation sites excluding steroid dienone is 1. The Balaban J connectivity index is 2.71. The summed E-state index contributed by atoms with van der Waals surface area (Å²) >= 11 is 0. The molecule has 1 aliphatic carbocycles. The molecule has 1 aliphatic rings. The lowest BCUT2D eigenvalue weighted by atomic mass is 9.92. The number of methoxy groups -OCH3 is 1. The number of carbonyl (C=O) groups excluding carboxylic acids is 1. The van der Waals surface area contributed by atoms with Crippen molar-refractivity contribution in [1.82, 2.24) is 0 Å². The predicted molar refractivity (Wildman–Crippen MR) is 60.4 cm³/mol. The minimum absolute atomic E-state index is 0.468. The summed E-state index contributed by atoms with van der Waals surface area (Å²) in [5.74, 6) is -0.544. The van der Waals surface area contributed by atoms with Gasteiger partial charge in [-0.05, 0) is 12.8 Å². The van der Waals surface area contributed by atoms with Crippen LogP contribution in [0.2, 0.25) is 0 Å². The Kier molecular flexibility index (Phi) is 5.11. The van der Waals surface area contributed by atoms with Crippen LogP contribution in [0.3, 0.4) is 0 Å². The molecule has 0 aromatic rings. The number of ether oxygens (including phenoxy) is 1. The van der Waals surface area contributed by atoms with Crippen LogP contribution >= 0.6 is 0 Å². The van der Waals surface area contributed by atoms with E-state index in [0.29, 0.717) is 17.6 Å². The van der Waals surface area contributed by atoms with Crippen molar-refractivity contribution in [2.24, 2.45) is 0 Å². The fraction of sp³-hybridized carbons (Fsp3) is 0.636. The Morgan fingerprint density at radius 1 is 1.41 bits per heavy atom. The van der Waals surface area contributed by atoms with Crippen LogP contribution in [-0.2, 0) is 14.4 Å². The molecule has 0 aromatic heterocycles. The molecule has 1 fully saturated rings. The molecule has 0 radical (unpaired) electrons. The SMILES string of the molecule is COC(=O)/C=C\C=[N+](/[O-])C1(OO)CCCCC1. The van der Waals surface area contributed by atoms with E-state index in [1.807, 2.05) is 0 Å². The maximum Gasteiger partial charge on any atom is 0.330 e. The number of esters is 1. The van der Waals surface area contributed by atoms with Crippen molar-refractivity contribution in [3.8, 4) is 0 Å². The Hall–Kier alpha value is -1.40. The number of carbonyl (C=O) groups is 1. The first-order valence-corrected chi connectivity index (χ1v) is 5.53. The van der Waals surface area contributed by atoms with Crippen LogP contribution in [-0.4, -0.2) is 35.0 Å². The average Bonchev–Trinajstić information content (AvgIpc) is 2.39. The van der Waals surface area contributed by atoms with Crippen molar-refractivity contribution < 1.29 is 24.4 Å². The van der Waals surface area contributed by atoms with Crippen LogP contribution < -0.4 is 0 Å². The average molecular weight is 243 g/mol. The molecule has 6 heteroatoms. The van der Waals surface area contributed by atoms with Crippen LogP contribution in [0, 0.1) is 5.21 Å². The summed E-state index contributed by atoms with van der Waals surface area (Å²) in [4.78, 5) is 15.1. The smallest absolute Gasteiger partial charge is 0.330 e. The first-order chi connectivity index (χ1) is 8.14. The van der Waals surface area contributed by atoms with Gasteiger partial charge >= 0.3 is 11.7 Å². The van der Waals surface area contributed by atoms with Crippen LogP contribution in [0.25, 0.3) is 0 Å². The van der Waals surface area contributed by atoms with Crippen molar-refractivity contribution in [3.63, 3.8) is 0 Å². The highest BCUT2D eigenvalue weighted by Crippen LogP contribution is 2.31. The molecule has 0 saturated heterocycles. The zero-order valence-electron chi connectivity index (χ0n) is 9.80. The normalized spacial score (nSPS) is 20.5. The molecule has 0 bridgehead atoms. The molecule has 0 aliphatic heterocycles. The van der Waals surface area contributed by atoms with E-state index in [4.69, 9.17) is 5.26 Å². The second kappa shape index (κ2) is 6.36. The molecule has 0 spiro atoms. The fourth-order valence-corrected chi connectivity index (χ4v) is 1.86. The molecular weight excluding hydrogens is 226 g/mol. The molecule has 96 valence electrons. The molecule has 1 N–H and O–H groups in total. The van der Waals surface area contributed by atoms with E-state index in [1.165, 1.54) is 13.2 Å². The minimum atomic E-state index is -1.21. The summed E-state index contributed by atoms with van der Waals surface area (Å²) in [6.45, 7) is 0. The first kappa shape index (κ1) is 13.7. The van der Waals surface area contributed by atoms with E-state index in [0.717, 1.165) is 31.6 Å². The lowest BCUT2D eigenvalue weighted by Crippen LogP contribution is -2.43. The molecule has 17 heavy (non-hydrogen) atoms. The Labute approximate surface area is 99.7 Å². The van der Waals surface area contributed by atoms with Gasteiger partial charge in [0.25, 0.3) is 0 Å². The third kappa shape index (κ3) is 3.54. The maximum absolute atomic E-state index is 11.8. The highest BCUT2D eigenvalue weighted by molar-refractivity contribution is 5.86. The maximum atomic E-state index is 11.8. The molecular formula is C11H17NO5. The summed E-state index contributed by atoms with van der Waals surface area (Å²) in [5.41, 5.74) is -1.21. The molecule has 0 unspecified atom stereocenters. The number of rotatable bonds is 4. The molecule has 0 amide bonds. The van der Waals surface area contributed by atoms with Gasteiger partial charge in [0.15, 0.2) is 6.21 Å². The lowest BCUT2D eigenvalue weighted by molar-refractivity contribution is -0.657. The monoisotopic (exact) mass is 243 g/mol. The molecule has 0 atom stereocenters. The Bertz CT molecular complexity index is 318. The van der Waals surface area contributed by atoms with Gasteiger partial charge in [-0.2, -0.15) is 9.63 Å². The van der Waals surface area contributed by atoms with Crippen molar-refractivity contribution >= 4 is 12.2 Å². The molecule has 1 rings (SSSR count). The van der Waals surface area contributed by atoms with Crippen molar-refractivity contribution in [2.75, 3.05) is 7.11 Å². The topological polar surface area (TPSA) is 81.8 Å². The molecule has 0 aromatic carbocycles. The van der Waals surface area contributed by atoms with Crippen LogP contribution in [0.4, 0.5) is 0 Å².